The number of aromatic nitrogens is 1. The van der Waals surface area contributed by atoms with Gasteiger partial charge in [-0.15, -0.1) is 11.3 Å². The minimum atomic E-state index is -0.341. The lowest BCUT2D eigenvalue weighted by Gasteiger charge is -2.23. The number of hydrogen-bond donors (Lipinski definition) is 1. The Morgan fingerprint density at radius 2 is 1.55 bits per heavy atom. The molecule has 1 N–H and O–H groups in total. The molecule has 5 nitrogen and oxygen atoms in total. The van der Waals surface area contributed by atoms with E-state index in [1.807, 2.05) is 13.8 Å². The number of rotatable bonds is 8. The first-order chi connectivity index (χ1) is 14.8. The van der Waals surface area contributed by atoms with Crippen LogP contribution in [0.25, 0.3) is 0 Å². The third-order valence-electron chi connectivity index (χ3n) is 4.57. The zero-order valence-corrected chi connectivity index (χ0v) is 18.1. The molecule has 8 heteroatoms. The summed E-state index contributed by atoms with van der Waals surface area (Å²) >= 11 is 1.30. The summed E-state index contributed by atoms with van der Waals surface area (Å²) in [5.41, 5.74) is 1.85. The van der Waals surface area contributed by atoms with Crippen molar-refractivity contribution in [2.24, 2.45) is 5.92 Å². The van der Waals surface area contributed by atoms with Gasteiger partial charge in [0.25, 0.3) is 5.91 Å². The molecular weight excluding hydrogens is 420 g/mol. The molecule has 0 radical (unpaired) electrons. The zero-order chi connectivity index (χ0) is 22.4. The van der Waals surface area contributed by atoms with E-state index < -0.39 is 0 Å². The van der Waals surface area contributed by atoms with Gasteiger partial charge < -0.3 is 10.2 Å². The quantitative estimate of drug-likeness (QED) is 0.556. The second-order valence-corrected chi connectivity index (χ2v) is 8.35. The maximum Gasteiger partial charge on any atom is 0.271 e. The van der Waals surface area contributed by atoms with Gasteiger partial charge in [0.15, 0.2) is 0 Å². The first-order valence-corrected chi connectivity index (χ1v) is 10.7. The van der Waals surface area contributed by atoms with Crippen LogP contribution >= 0.6 is 11.3 Å². The lowest BCUT2D eigenvalue weighted by atomic mass is 10.1. The molecule has 0 aliphatic carbocycles. The molecule has 0 spiro atoms. The van der Waals surface area contributed by atoms with Crippen molar-refractivity contribution < 1.29 is 18.4 Å². The van der Waals surface area contributed by atoms with E-state index in [2.05, 4.69) is 10.3 Å². The monoisotopic (exact) mass is 443 g/mol. The Morgan fingerprint density at radius 3 is 2.13 bits per heavy atom. The van der Waals surface area contributed by atoms with Gasteiger partial charge in [0.2, 0.25) is 5.91 Å². The lowest BCUT2D eigenvalue weighted by molar-refractivity contribution is -0.135. The number of nitrogens with one attached hydrogen (secondary N) is 1. The SMILES string of the molecule is CC(C)C(=O)N(Cc1ccc(F)cc1)Cc1nc(C(=O)NCc2ccc(F)cc2)cs1. The van der Waals surface area contributed by atoms with Gasteiger partial charge in [-0.25, -0.2) is 13.8 Å². The predicted molar refractivity (Wildman–Crippen MR) is 115 cm³/mol. The molecule has 31 heavy (non-hydrogen) atoms. The van der Waals surface area contributed by atoms with Crippen LogP contribution in [0.15, 0.2) is 53.9 Å². The summed E-state index contributed by atoms with van der Waals surface area (Å²) in [6.45, 7) is 4.47. The Morgan fingerprint density at radius 1 is 0.968 bits per heavy atom. The Hall–Kier alpha value is -3.13. The van der Waals surface area contributed by atoms with Crippen molar-refractivity contribution in [1.29, 1.82) is 0 Å². The van der Waals surface area contributed by atoms with Crippen LogP contribution in [0.2, 0.25) is 0 Å². The highest BCUT2D eigenvalue weighted by atomic mass is 32.1. The van der Waals surface area contributed by atoms with E-state index in [1.165, 1.54) is 35.6 Å². The summed E-state index contributed by atoms with van der Waals surface area (Å²) in [7, 11) is 0. The summed E-state index contributed by atoms with van der Waals surface area (Å²) in [6.07, 6.45) is 0. The van der Waals surface area contributed by atoms with Crippen LogP contribution in [0.5, 0.6) is 0 Å². The molecule has 0 bridgehead atoms. The van der Waals surface area contributed by atoms with E-state index in [0.717, 1.165) is 11.1 Å². The van der Waals surface area contributed by atoms with E-state index in [-0.39, 0.29) is 48.2 Å². The fourth-order valence-electron chi connectivity index (χ4n) is 2.91. The highest BCUT2D eigenvalue weighted by Gasteiger charge is 2.20. The van der Waals surface area contributed by atoms with Crippen molar-refractivity contribution in [3.63, 3.8) is 0 Å². The number of amides is 2. The van der Waals surface area contributed by atoms with E-state index in [0.29, 0.717) is 11.6 Å². The molecule has 0 aliphatic rings. The summed E-state index contributed by atoms with van der Waals surface area (Å²) in [6, 6.07) is 11.9. The van der Waals surface area contributed by atoms with Crippen LogP contribution in [0.1, 0.15) is 40.5 Å². The van der Waals surface area contributed by atoms with Crippen molar-refractivity contribution >= 4 is 23.2 Å². The molecule has 0 saturated carbocycles. The van der Waals surface area contributed by atoms with Crippen LogP contribution < -0.4 is 5.32 Å². The van der Waals surface area contributed by atoms with Gasteiger partial charge >= 0.3 is 0 Å². The molecule has 0 aliphatic heterocycles. The number of hydrogen-bond acceptors (Lipinski definition) is 4. The third-order valence-corrected chi connectivity index (χ3v) is 5.40. The fraction of sp³-hybridized carbons (Fsp3) is 0.261. The molecule has 1 aromatic heterocycles. The van der Waals surface area contributed by atoms with Crippen LogP contribution in [-0.2, 0) is 24.4 Å². The molecule has 3 rings (SSSR count). The molecule has 0 fully saturated rings. The van der Waals surface area contributed by atoms with E-state index in [9.17, 15) is 18.4 Å². The van der Waals surface area contributed by atoms with Crippen LogP contribution in [0.3, 0.4) is 0 Å². The molecule has 2 amide bonds. The number of nitrogens with zero attached hydrogens (tertiary/aromatic N) is 2. The lowest BCUT2D eigenvalue weighted by Crippen LogP contribution is -2.33. The standard InChI is InChI=1S/C23H23F2N3O2S/c1-15(2)23(30)28(12-17-5-9-19(25)10-6-17)13-21-27-20(14-31-21)22(29)26-11-16-3-7-18(24)8-4-16/h3-10,14-15H,11-13H2,1-2H3,(H,26,29). The van der Waals surface area contributed by atoms with Crippen molar-refractivity contribution in [3.05, 3.63) is 87.4 Å². The summed E-state index contributed by atoms with van der Waals surface area (Å²) in [5.74, 6) is -1.27. The topological polar surface area (TPSA) is 62.3 Å². The molecule has 0 unspecified atom stereocenters. The van der Waals surface area contributed by atoms with E-state index in [4.69, 9.17) is 0 Å². The summed E-state index contributed by atoms with van der Waals surface area (Å²) in [4.78, 5) is 31.1. The van der Waals surface area contributed by atoms with Crippen LogP contribution in [0, 0.1) is 17.6 Å². The Kier molecular flexibility index (Phi) is 7.46. The van der Waals surface area contributed by atoms with Gasteiger partial charge in [0.05, 0.1) is 6.54 Å². The maximum atomic E-state index is 13.2. The normalized spacial score (nSPS) is 10.9. The smallest absolute Gasteiger partial charge is 0.271 e. The van der Waals surface area contributed by atoms with Gasteiger partial charge in [-0.1, -0.05) is 38.1 Å². The second-order valence-electron chi connectivity index (χ2n) is 7.41. The summed E-state index contributed by atoms with van der Waals surface area (Å²) < 4.78 is 26.2. The average Bonchev–Trinajstić information content (AvgIpc) is 3.22. The van der Waals surface area contributed by atoms with Crippen molar-refractivity contribution in [2.75, 3.05) is 0 Å². The second kappa shape index (κ2) is 10.3. The average molecular weight is 444 g/mol. The molecule has 1 heterocycles. The molecule has 0 atom stereocenters. The summed E-state index contributed by atoms with van der Waals surface area (Å²) in [5, 5.41) is 5.03. The van der Waals surface area contributed by atoms with Gasteiger partial charge in [-0.2, -0.15) is 0 Å². The molecule has 162 valence electrons. The first-order valence-electron chi connectivity index (χ1n) is 9.82. The fourth-order valence-corrected chi connectivity index (χ4v) is 3.70. The van der Waals surface area contributed by atoms with E-state index in [1.54, 1.807) is 34.5 Å². The molecule has 0 saturated heterocycles. The predicted octanol–water partition coefficient (Wildman–Crippen LogP) is 4.54. The van der Waals surface area contributed by atoms with E-state index >= 15 is 0 Å². The molecule has 2 aromatic carbocycles. The Bertz CT molecular complexity index is 1030. The van der Waals surface area contributed by atoms with Crippen molar-refractivity contribution in [1.82, 2.24) is 15.2 Å². The van der Waals surface area contributed by atoms with Crippen molar-refractivity contribution in [3.8, 4) is 0 Å². The zero-order valence-electron chi connectivity index (χ0n) is 17.3. The number of benzene rings is 2. The minimum absolute atomic E-state index is 0.0539. The number of halogens is 2. The highest BCUT2D eigenvalue weighted by molar-refractivity contribution is 7.09. The first kappa shape index (κ1) is 22.6. The van der Waals surface area contributed by atoms with Gasteiger partial charge in [-0.3, -0.25) is 9.59 Å². The number of carbonyl (C=O) groups is 2. The van der Waals surface area contributed by atoms with Gasteiger partial charge in [0, 0.05) is 24.4 Å². The number of carbonyl (C=O) groups excluding carboxylic acids is 2. The van der Waals surface area contributed by atoms with Crippen molar-refractivity contribution in [2.45, 2.75) is 33.5 Å². The number of thiazole rings is 1. The highest BCUT2D eigenvalue weighted by Crippen LogP contribution is 2.17. The maximum absolute atomic E-state index is 13.2. The largest absolute Gasteiger partial charge is 0.347 e. The Labute approximate surface area is 183 Å². The van der Waals surface area contributed by atoms with Gasteiger partial charge in [0.1, 0.15) is 22.3 Å². The minimum Gasteiger partial charge on any atom is -0.347 e. The Balaban J connectivity index is 1.65. The molecule has 3 aromatic rings. The molecular formula is C23H23F2N3O2S. The van der Waals surface area contributed by atoms with Crippen LogP contribution in [0.4, 0.5) is 8.78 Å². The van der Waals surface area contributed by atoms with Gasteiger partial charge in [-0.05, 0) is 35.4 Å². The third kappa shape index (κ3) is 6.42. The van der Waals surface area contributed by atoms with Crippen LogP contribution in [-0.4, -0.2) is 21.7 Å².